The van der Waals surface area contributed by atoms with E-state index in [0.29, 0.717) is 12.8 Å². The highest BCUT2D eigenvalue weighted by Gasteiger charge is 2.29. The van der Waals surface area contributed by atoms with Gasteiger partial charge in [-0.25, -0.2) is 0 Å². The minimum absolute atomic E-state index is 0.246. The predicted octanol–water partition coefficient (Wildman–Crippen LogP) is 3.92. The summed E-state index contributed by atoms with van der Waals surface area (Å²) in [6.45, 7) is 0. The largest absolute Gasteiger partial charge is 0.393 e. The lowest BCUT2D eigenvalue weighted by Crippen LogP contribution is -2.34. The van der Waals surface area contributed by atoms with E-state index in [0.717, 1.165) is 11.9 Å². The molecule has 4 heteroatoms. The summed E-state index contributed by atoms with van der Waals surface area (Å²) in [6.07, 6.45) is 4.32. The average molecular weight is 334 g/mol. The lowest BCUT2D eigenvalue weighted by atomic mass is 10.0. The Morgan fingerprint density at radius 2 is 1.84 bits per heavy atom. The van der Waals surface area contributed by atoms with E-state index in [1.54, 1.807) is 0 Å². The standard InChI is InChI=1S/C21H22N2O2/c22-13-18-11-17(24)12-21(25-18)23-14-16(10-15-6-2-1-3-7-15)19-8-4-5-9-20(19)23/h1-9,13-14,17-18,21-22,24H,10-12H2/t17-,18-,21+/m0/s1. The fourth-order valence-corrected chi connectivity index (χ4v) is 3.67. The first-order chi connectivity index (χ1) is 12.2. The first kappa shape index (κ1) is 16.1. The summed E-state index contributed by atoms with van der Waals surface area (Å²) >= 11 is 0. The molecule has 1 fully saturated rings. The van der Waals surface area contributed by atoms with Gasteiger partial charge in [0.15, 0.2) is 0 Å². The second-order valence-corrected chi connectivity index (χ2v) is 6.66. The zero-order chi connectivity index (χ0) is 17.2. The van der Waals surface area contributed by atoms with Crippen LogP contribution in [0.2, 0.25) is 0 Å². The second kappa shape index (κ2) is 6.82. The number of para-hydroxylation sites is 1. The Bertz CT molecular complexity index is 872. The zero-order valence-electron chi connectivity index (χ0n) is 14.0. The van der Waals surface area contributed by atoms with E-state index in [1.807, 2.05) is 12.1 Å². The van der Waals surface area contributed by atoms with E-state index >= 15 is 0 Å². The Morgan fingerprint density at radius 3 is 2.64 bits per heavy atom. The lowest BCUT2D eigenvalue weighted by molar-refractivity contribution is -0.0998. The predicted molar refractivity (Wildman–Crippen MR) is 99.1 cm³/mol. The minimum atomic E-state index is -0.441. The molecule has 4 rings (SSSR count). The number of fused-ring (bicyclic) bond motifs is 1. The molecule has 25 heavy (non-hydrogen) atoms. The van der Waals surface area contributed by atoms with E-state index in [9.17, 15) is 5.11 Å². The van der Waals surface area contributed by atoms with E-state index < -0.39 is 6.10 Å². The van der Waals surface area contributed by atoms with Gasteiger partial charge in [-0.05, 0) is 23.6 Å². The van der Waals surface area contributed by atoms with Crippen LogP contribution in [0.1, 0.15) is 30.2 Å². The smallest absolute Gasteiger partial charge is 0.137 e. The van der Waals surface area contributed by atoms with Crippen molar-refractivity contribution in [2.75, 3.05) is 0 Å². The molecule has 1 aliphatic heterocycles. The summed E-state index contributed by atoms with van der Waals surface area (Å²) < 4.78 is 8.14. The number of rotatable bonds is 4. The van der Waals surface area contributed by atoms with Crippen molar-refractivity contribution in [3.05, 3.63) is 71.9 Å². The van der Waals surface area contributed by atoms with Gasteiger partial charge in [0.25, 0.3) is 0 Å². The number of nitrogens with one attached hydrogen (secondary N) is 1. The fourth-order valence-electron chi connectivity index (χ4n) is 3.67. The van der Waals surface area contributed by atoms with Crippen molar-refractivity contribution in [2.24, 2.45) is 0 Å². The molecule has 1 saturated heterocycles. The summed E-state index contributed by atoms with van der Waals surface area (Å²) in [4.78, 5) is 0. The van der Waals surface area contributed by atoms with Crippen LogP contribution in [0.4, 0.5) is 0 Å². The van der Waals surface area contributed by atoms with Gasteiger partial charge in [0, 0.05) is 30.6 Å². The average Bonchev–Trinajstić information content (AvgIpc) is 3.01. The molecule has 0 aliphatic carbocycles. The van der Waals surface area contributed by atoms with Crippen molar-refractivity contribution in [1.29, 1.82) is 5.41 Å². The molecule has 4 nitrogen and oxygen atoms in total. The van der Waals surface area contributed by atoms with Gasteiger partial charge < -0.3 is 19.8 Å². The van der Waals surface area contributed by atoms with Crippen LogP contribution in [0.3, 0.4) is 0 Å². The van der Waals surface area contributed by atoms with Gasteiger partial charge in [0.05, 0.1) is 17.7 Å². The Hall–Kier alpha value is -2.43. The summed E-state index contributed by atoms with van der Waals surface area (Å²) in [5.74, 6) is 0. The summed E-state index contributed by atoms with van der Waals surface area (Å²) in [7, 11) is 0. The summed E-state index contributed by atoms with van der Waals surface area (Å²) in [6, 6.07) is 18.7. The second-order valence-electron chi connectivity index (χ2n) is 6.66. The number of aliphatic hydroxyl groups excluding tert-OH is 1. The fraction of sp³-hybridized carbons (Fsp3) is 0.286. The molecule has 2 heterocycles. The molecule has 1 aromatic heterocycles. The number of aliphatic hydroxyl groups is 1. The summed E-state index contributed by atoms with van der Waals surface area (Å²) in [5.41, 5.74) is 3.63. The van der Waals surface area contributed by atoms with Crippen LogP contribution in [0.25, 0.3) is 10.9 Å². The van der Waals surface area contributed by atoms with Crippen LogP contribution in [0.5, 0.6) is 0 Å². The third-order valence-electron chi connectivity index (χ3n) is 4.87. The van der Waals surface area contributed by atoms with E-state index in [4.69, 9.17) is 10.1 Å². The Balaban J connectivity index is 1.73. The van der Waals surface area contributed by atoms with Crippen molar-refractivity contribution in [2.45, 2.75) is 37.7 Å². The number of nitrogens with zero attached hydrogens (tertiary/aromatic N) is 1. The number of hydrogen-bond donors (Lipinski definition) is 2. The minimum Gasteiger partial charge on any atom is -0.393 e. The van der Waals surface area contributed by atoms with Crippen molar-refractivity contribution in [3.63, 3.8) is 0 Å². The number of hydrogen-bond acceptors (Lipinski definition) is 3. The van der Waals surface area contributed by atoms with Gasteiger partial charge in [-0.3, -0.25) is 0 Å². The molecule has 3 aromatic rings. The topological polar surface area (TPSA) is 58.2 Å². The SMILES string of the molecule is N=C[C@@H]1C[C@H](O)C[C@H](n2cc(Cc3ccccc3)c3ccccc32)O1. The maximum atomic E-state index is 10.2. The molecule has 0 amide bonds. The molecule has 0 unspecified atom stereocenters. The van der Waals surface area contributed by atoms with Crippen LogP contribution in [0.15, 0.2) is 60.8 Å². The van der Waals surface area contributed by atoms with Crippen molar-refractivity contribution >= 4 is 17.1 Å². The number of ether oxygens (including phenoxy) is 1. The molecule has 1 aliphatic rings. The van der Waals surface area contributed by atoms with Crippen molar-refractivity contribution in [3.8, 4) is 0 Å². The lowest BCUT2D eigenvalue weighted by Gasteiger charge is -2.32. The van der Waals surface area contributed by atoms with Crippen molar-refractivity contribution < 1.29 is 9.84 Å². The highest BCUT2D eigenvalue weighted by Crippen LogP contribution is 2.32. The first-order valence-electron chi connectivity index (χ1n) is 8.71. The molecular formula is C21H22N2O2. The van der Waals surface area contributed by atoms with Gasteiger partial charge in [-0.15, -0.1) is 0 Å². The van der Waals surface area contributed by atoms with Gasteiger partial charge in [-0.1, -0.05) is 48.5 Å². The molecule has 128 valence electrons. The Kier molecular flexibility index (Phi) is 4.38. The van der Waals surface area contributed by atoms with E-state index in [1.165, 1.54) is 22.7 Å². The zero-order valence-corrected chi connectivity index (χ0v) is 14.0. The summed E-state index contributed by atoms with van der Waals surface area (Å²) in [5, 5.41) is 18.9. The monoisotopic (exact) mass is 334 g/mol. The van der Waals surface area contributed by atoms with Crippen LogP contribution in [-0.2, 0) is 11.2 Å². The first-order valence-corrected chi connectivity index (χ1v) is 8.71. The molecular weight excluding hydrogens is 312 g/mol. The van der Waals surface area contributed by atoms with Gasteiger partial charge in [-0.2, -0.15) is 0 Å². The van der Waals surface area contributed by atoms with E-state index in [-0.39, 0.29) is 12.3 Å². The van der Waals surface area contributed by atoms with Gasteiger partial charge in [0.2, 0.25) is 0 Å². The van der Waals surface area contributed by atoms with Gasteiger partial charge in [0.1, 0.15) is 6.23 Å². The van der Waals surface area contributed by atoms with E-state index in [2.05, 4.69) is 53.2 Å². The molecule has 3 atom stereocenters. The van der Waals surface area contributed by atoms with Gasteiger partial charge >= 0.3 is 0 Å². The normalized spacial score (nSPS) is 23.6. The van der Waals surface area contributed by atoms with Crippen LogP contribution in [-0.4, -0.2) is 28.1 Å². The molecule has 0 radical (unpaired) electrons. The van der Waals surface area contributed by atoms with Crippen LogP contribution < -0.4 is 0 Å². The highest BCUT2D eigenvalue weighted by atomic mass is 16.5. The van der Waals surface area contributed by atoms with Crippen molar-refractivity contribution in [1.82, 2.24) is 4.57 Å². The molecule has 2 N–H and O–H groups in total. The van der Waals surface area contributed by atoms with Crippen LogP contribution in [0, 0.1) is 5.41 Å². The molecule has 0 bridgehead atoms. The number of benzene rings is 2. The Morgan fingerprint density at radius 1 is 1.08 bits per heavy atom. The third-order valence-corrected chi connectivity index (χ3v) is 4.87. The molecule has 0 saturated carbocycles. The van der Waals surface area contributed by atoms with Crippen LogP contribution >= 0.6 is 0 Å². The molecule has 0 spiro atoms. The molecule has 2 aromatic carbocycles. The highest BCUT2D eigenvalue weighted by molar-refractivity contribution is 5.84. The maximum absolute atomic E-state index is 10.2. The number of aromatic nitrogens is 1. The maximum Gasteiger partial charge on any atom is 0.137 e. The quantitative estimate of drug-likeness (QED) is 0.711. The Labute approximate surface area is 147 Å². The third kappa shape index (κ3) is 3.23.